The quantitative estimate of drug-likeness (QED) is 0.775. The highest BCUT2D eigenvalue weighted by Crippen LogP contribution is 2.27. The van der Waals surface area contributed by atoms with E-state index in [2.05, 4.69) is 27.5 Å². The Labute approximate surface area is 106 Å². The second kappa shape index (κ2) is 4.31. The number of fused-ring (bicyclic) bond motifs is 1. The minimum Gasteiger partial charge on any atom is -0.306 e. The Kier molecular flexibility index (Phi) is 2.81. The molecule has 1 fully saturated rings. The molecule has 1 atom stereocenters. The van der Waals surface area contributed by atoms with Crippen molar-refractivity contribution in [2.75, 3.05) is 20.1 Å². The molecule has 3 rings (SSSR count). The van der Waals surface area contributed by atoms with Gasteiger partial charge in [0, 0.05) is 18.7 Å². The van der Waals surface area contributed by atoms with Crippen LogP contribution in [0.5, 0.6) is 0 Å². The average Bonchev–Trinajstić information content (AvgIpc) is 2.74. The maximum Gasteiger partial charge on any atom is 0.117 e. The Balaban J connectivity index is 2.02. The predicted octanol–water partition coefficient (Wildman–Crippen LogP) is 2.80. The van der Waals surface area contributed by atoms with Crippen molar-refractivity contribution in [1.29, 1.82) is 0 Å². The zero-order valence-corrected chi connectivity index (χ0v) is 10.7. The van der Waals surface area contributed by atoms with Gasteiger partial charge >= 0.3 is 0 Å². The topological polar surface area (TPSA) is 20.5 Å². The highest BCUT2D eigenvalue weighted by Gasteiger charge is 2.22. The monoisotopic (exact) mass is 249 g/mol. The number of nitrogens with zero attached hydrogens (tertiary/aromatic N) is 3. The number of hydrogen-bond acceptors (Lipinski definition) is 2. The number of likely N-dealkylation sites (N-methyl/N-ethyl adjacent to an activating group) is 1. The normalized spacial score (nSPS) is 22.1. The minimum absolute atomic E-state index is 0.523. The lowest BCUT2D eigenvalue weighted by Gasteiger charge is -2.28. The number of halogens is 1. The molecule has 3 nitrogen and oxygen atoms in total. The fourth-order valence-corrected chi connectivity index (χ4v) is 2.90. The van der Waals surface area contributed by atoms with Crippen molar-refractivity contribution in [3.05, 3.63) is 35.4 Å². The molecule has 3 heterocycles. The number of imidazole rings is 1. The molecule has 1 saturated heterocycles. The maximum atomic E-state index is 6.17. The first kappa shape index (κ1) is 11.1. The van der Waals surface area contributed by atoms with Crippen LogP contribution in [0.25, 0.3) is 5.52 Å². The van der Waals surface area contributed by atoms with Gasteiger partial charge in [0.1, 0.15) is 5.82 Å². The van der Waals surface area contributed by atoms with E-state index < -0.39 is 0 Å². The van der Waals surface area contributed by atoms with Crippen molar-refractivity contribution < 1.29 is 0 Å². The number of piperidine rings is 1. The maximum absolute atomic E-state index is 6.17. The molecule has 17 heavy (non-hydrogen) atoms. The largest absolute Gasteiger partial charge is 0.306 e. The van der Waals surface area contributed by atoms with Gasteiger partial charge in [0.05, 0.1) is 16.7 Å². The lowest BCUT2D eigenvalue weighted by atomic mass is 9.98. The molecule has 0 spiro atoms. The van der Waals surface area contributed by atoms with Crippen molar-refractivity contribution in [3.63, 3.8) is 0 Å². The average molecular weight is 250 g/mol. The molecule has 0 amide bonds. The third-order valence-electron chi connectivity index (χ3n) is 3.54. The Bertz CT molecular complexity index is 534. The highest BCUT2D eigenvalue weighted by molar-refractivity contribution is 6.33. The lowest BCUT2D eigenvalue weighted by molar-refractivity contribution is 0.245. The van der Waals surface area contributed by atoms with Gasteiger partial charge in [-0.15, -0.1) is 0 Å². The minimum atomic E-state index is 0.523. The molecule has 90 valence electrons. The van der Waals surface area contributed by atoms with Gasteiger partial charge in [-0.1, -0.05) is 11.6 Å². The molecule has 1 aliphatic heterocycles. The van der Waals surface area contributed by atoms with Gasteiger partial charge in [-0.3, -0.25) is 0 Å². The molecule has 0 aliphatic carbocycles. The summed E-state index contributed by atoms with van der Waals surface area (Å²) in [7, 11) is 2.18. The van der Waals surface area contributed by atoms with E-state index in [4.69, 9.17) is 11.6 Å². The third-order valence-corrected chi connectivity index (χ3v) is 3.86. The van der Waals surface area contributed by atoms with Crippen LogP contribution >= 0.6 is 11.6 Å². The number of aromatic nitrogens is 2. The van der Waals surface area contributed by atoms with Crippen LogP contribution in [0.15, 0.2) is 24.5 Å². The summed E-state index contributed by atoms with van der Waals surface area (Å²) in [5, 5.41) is 0.774. The lowest BCUT2D eigenvalue weighted by Crippen LogP contribution is -2.31. The molecular weight excluding hydrogens is 234 g/mol. The van der Waals surface area contributed by atoms with E-state index >= 15 is 0 Å². The number of rotatable bonds is 1. The van der Waals surface area contributed by atoms with Crippen molar-refractivity contribution in [2.24, 2.45) is 0 Å². The second-order valence-corrected chi connectivity index (χ2v) is 5.24. The zero-order chi connectivity index (χ0) is 11.8. The summed E-state index contributed by atoms with van der Waals surface area (Å²) in [5.74, 6) is 1.67. The summed E-state index contributed by atoms with van der Waals surface area (Å²) in [6, 6.07) is 3.89. The molecule has 1 aliphatic rings. The van der Waals surface area contributed by atoms with E-state index in [1.807, 2.05) is 18.3 Å². The van der Waals surface area contributed by atoms with Gasteiger partial charge in [0.15, 0.2) is 0 Å². The first-order valence-electron chi connectivity index (χ1n) is 6.06. The summed E-state index contributed by atoms with van der Waals surface area (Å²) < 4.78 is 2.13. The van der Waals surface area contributed by atoms with Gasteiger partial charge in [-0.2, -0.15) is 0 Å². The van der Waals surface area contributed by atoms with Gasteiger partial charge < -0.3 is 9.30 Å². The van der Waals surface area contributed by atoms with E-state index in [0.717, 1.165) is 22.9 Å². The van der Waals surface area contributed by atoms with E-state index in [0.29, 0.717) is 5.92 Å². The fraction of sp³-hybridized carbons (Fsp3) is 0.462. The standard InChI is InChI=1S/C13H16ClN3/c1-16-6-2-4-10(9-16)13-15-8-12-11(14)5-3-7-17(12)13/h3,5,7-8,10H,2,4,6,9H2,1H3. The van der Waals surface area contributed by atoms with Crippen LogP contribution in [0.2, 0.25) is 5.02 Å². The Hall–Kier alpha value is -1.06. The van der Waals surface area contributed by atoms with Crippen LogP contribution in [-0.4, -0.2) is 34.4 Å². The second-order valence-electron chi connectivity index (χ2n) is 4.83. The zero-order valence-electron chi connectivity index (χ0n) is 9.93. The third kappa shape index (κ3) is 1.94. The van der Waals surface area contributed by atoms with Gasteiger partial charge in [0.2, 0.25) is 0 Å². The van der Waals surface area contributed by atoms with E-state index in [1.54, 1.807) is 0 Å². The van der Waals surface area contributed by atoms with Crippen molar-refractivity contribution in [3.8, 4) is 0 Å². The van der Waals surface area contributed by atoms with Crippen LogP contribution < -0.4 is 0 Å². The van der Waals surface area contributed by atoms with Crippen molar-refractivity contribution in [2.45, 2.75) is 18.8 Å². The molecule has 2 aromatic heterocycles. The summed E-state index contributed by atoms with van der Waals surface area (Å²) >= 11 is 6.17. The summed E-state index contributed by atoms with van der Waals surface area (Å²) in [4.78, 5) is 6.94. The van der Waals surface area contributed by atoms with Crippen LogP contribution in [0.1, 0.15) is 24.6 Å². The van der Waals surface area contributed by atoms with Gasteiger partial charge in [0.25, 0.3) is 0 Å². The van der Waals surface area contributed by atoms with E-state index in [-0.39, 0.29) is 0 Å². The van der Waals surface area contributed by atoms with E-state index in [9.17, 15) is 0 Å². The van der Waals surface area contributed by atoms with Crippen LogP contribution in [0, 0.1) is 0 Å². The molecule has 4 heteroatoms. The molecule has 1 unspecified atom stereocenters. The predicted molar refractivity (Wildman–Crippen MR) is 69.7 cm³/mol. The van der Waals surface area contributed by atoms with Gasteiger partial charge in [-0.05, 0) is 38.6 Å². The molecule has 2 aromatic rings. The number of likely N-dealkylation sites (tertiary alicyclic amines) is 1. The summed E-state index contributed by atoms with van der Waals surface area (Å²) in [6.45, 7) is 2.28. The van der Waals surface area contributed by atoms with Crippen molar-refractivity contribution in [1.82, 2.24) is 14.3 Å². The Morgan fingerprint density at radius 1 is 1.47 bits per heavy atom. The molecule has 0 bridgehead atoms. The van der Waals surface area contributed by atoms with E-state index in [1.165, 1.54) is 19.4 Å². The molecular formula is C13H16ClN3. The fourth-order valence-electron chi connectivity index (χ4n) is 2.69. The number of pyridine rings is 1. The van der Waals surface area contributed by atoms with Crippen LogP contribution in [-0.2, 0) is 0 Å². The van der Waals surface area contributed by atoms with Gasteiger partial charge in [-0.25, -0.2) is 4.98 Å². The molecule has 0 saturated carbocycles. The van der Waals surface area contributed by atoms with Crippen molar-refractivity contribution >= 4 is 17.1 Å². The first-order valence-corrected chi connectivity index (χ1v) is 6.43. The molecule has 0 radical (unpaired) electrons. The van der Waals surface area contributed by atoms with Crippen LogP contribution in [0.3, 0.4) is 0 Å². The Morgan fingerprint density at radius 3 is 3.18 bits per heavy atom. The first-order chi connectivity index (χ1) is 8.25. The number of hydrogen-bond donors (Lipinski definition) is 0. The Morgan fingerprint density at radius 2 is 2.35 bits per heavy atom. The summed E-state index contributed by atoms with van der Waals surface area (Å²) in [5.41, 5.74) is 1.01. The SMILES string of the molecule is CN1CCCC(c2ncc3c(Cl)cccn23)C1. The van der Waals surface area contributed by atoms with Crippen LogP contribution in [0.4, 0.5) is 0 Å². The smallest absolute Gasteiger partial charge is 0.117 e. The molecule has 0 aromatic carbocycles. The molecule has 0 N–H and O–H groups in total. The highest BCUT2D eigenvalue weighted by atomic mass is 35.5. The summed E-state index contributed by atoms with van der Waals surface area (Å²) in [6.07, 6.45) is 6.40.